The van der Waals surface area contributed by atoms with Crippen LogP contribution in [0.4, 0.5) is 5.69 Å². The average Bonchev–Trinajstić information content (AvgIpc) is 2.26. The molecule has 0 saturated carbocycles. The third kappa shape index (κ3) is 4.40. The van der Waals surface area contributed by atoms with E-state index in [9.17, 15) is 8.42 Å². The molecule has 0 aliphatic heterocycles. The highest BCUT2D eigenvalue weighted by molar-refractivity contribution is 7.98. The van der Waals surface area contributed by atoms with Crippen LogP contribution in [0.3, 0.4) is 0 Å². The highest BCUT2D eigenvalue weighted by Gasteiger charge is 2.22. The molecule has 114 valence electrons. The van der Waals surface area contributed by atoms with Crippen molar-refractivity contribution < 1.29 is 8.42 Å². The molecule has 0 fully saturated rings. The second kappa shape index (κ2) is 7.33. The van der Waals surface area contributed by atoms with Crippen LogP contribution in [0.1, 0.15) is 25.0 Å². The second-order valence-corrected chi connectivity index (χ2v) is 7.51. The fourth-order valence-electron chi connectivity index (χ4n) is 2.29. The average molecular weight is 316 g/mol. The summed E-state index contributed by atoms with van der Waals surface area (Å²) < 4.78 is 27.7. The monoisotopic (exact) mass is 316 g/mol. The summed E-state index contributed by atoms with van der Waals surface area (Å²) in [6, 6.07) is 3.68. The molecule has 1 aromatic rings. The Hall–Kier alpha value is -0.720. The number of nitrogens with one attached hydrogen (secondary N) is 2. The van der Waals surface area contributed by atoms with Crippen LogP contribution in [0.5, 0.6) is 0 Å². The fourth-order valence-corrected chi connectivity index (χ4v) is 4.67. The predicted molar refractivity (Wildman–Crippen MR) is 88.2 cm³/mol. The van der Waals surface area contributed by atoms with Crippen LogP contribution in [0.2, 0.25) is 0 Å². The predicted octanol–water partition coefficient (Wildman–Crippen LogP) is 2.77. The van der Waals surface area contributed by atoms with Gasteiger partial charge in [0.05, 0.1) is 4.90 Å². The van der Waals surface area contributed by atoms with Crippen LogP contribution in [-0.2, 0) is 10.0 Å². The van der Waals surface area contributed by atoms with Crippen molar-refractivity contribution in [3.05, 3.63) is 23.3 Å². The maximum absolute atomic E-state index is 12.5. The number of sulfonamides is 1. The molecule has 1 aromatic carbocycles. The molecule has 0 spiro atoms. The number of aryl methyl sites for hydroxylation is 2. The molecular formula is C14H24N2O2S2. The molecule has 0 saturated heterocycles. The first-order valence-corrected chi connectivity index (χ1v) is 9.56. The van der Waals surface area contributed by atoms with Crippen molar-refractivity contribution in [1.29, 1.82) is 0 Å². The lowest BCUT2D eigenvalue weighted by Gasteiger charge is -2.17. The minimum atomic E-state index is -3.47. The summed E-state index contributed by atoms with van der Waals surface area (Å²) >= 11 is 1.63. The molecule has 0 aliphatic rings. The highest BCUT2D eigenvalue weighted by Crippen LogP contribution is 2.24. The normalized spacial score (nSPS) is 13.2. The van der Waals surface area contributed by atoms with E-state index in [-0.39, 0.29) is 6.04 Å². The van der Waals surface area contributed by atoms with Gasteiger partial charge in [0.25, 0.3) is 0 Å². The third-order valence-corrected chi connectivity index (χ3v) is 5.61. The summed E-state index contributed by atoms with van der Waals surface area (Å²) in [6.07, 6.45) is 1.96. The topological polar surface area (TPSA) is 58.2 Å². The van der Waals surface area contributed by atoms with E-state index in [1.165, 1.54) is 0 Å². The Bertz CT molecular complexity index is 533. The summed E-state index contributed by atoms with van der Waals surface area (Å²) in [6.45, 7) is 8.38. The molecule has 1 atom stereocenters. The van der Waals surface area contributed by atoms with Gasteiger partial charge in [-0.1, -0.05) is 0 Å². The molecule has 0 aliphatic carbocycles. The van der Waals surface area contributed by atoms with Crippen molar-refractivity contribution >= 4 is 27.5 Å². The second-order valence-electron chi connectivity index (χ2n) is 4.95. The van der Waals surface area contributed by atoms with Gasteiger partial charge in [-0.15, -0.1) is 0 Å². The van der Waals surface area contributed by atoms with E-state index in [0.29, 0.717) is 4.90 Å². The molecule has 0 aromatic heterocycles. The molecule has 0 radical (unpaired) electrons. The molecule has 0 amide bonds. The Morgan fingerprint density at radius 2 is 1.80 bits per heavy atom. The minimum absolute atomic E-state index is 0.0813. The molecule has 1 unspecified atom stereocenters. The quantitative estimate of drug-likeness (QED) is 0.812. The fraction of sp³-hybridized carbons (Fsp3) is 0.571. The van der Waals surface area contributed by atoms with Crippen molar-refractivity contribution in [2.75, 3.05) is 23.9 Å². The van der Waals surface area contributed by atoms with E-state index in [1.54, 1.807) is 11.8 Å². The number of anilines is 1. The van der Waals surface area contributed by atoms with E-state index >= 15 is 0 Å². The molecule has 4 nitrogen and oxygen atoms in total. The van der Waals surface area contributed by atoms with Gasteiger partial charge in [0.1, 0.15) is 0 Å². The number of rotatable bonds is 7. The lowest BCUT2D eigenvalue weighted by Crippen LogP contribution is -2.35. The molecule has 6 heteroatoms. The zero-order valence-electron chi connectivity index (χ0n) is 12.8. The Morgan fingerprint density at radius 1 is 1.25 bits per heavy atom. The zero-order chi connectivity index (χ0) is 15.3. The van der Waals surface area contributed by atoms with Crippen LogP contribution in [0, 0.1) is 13.8 Å². The van der Waals surface area contributed by atoms with Crippen LogP contribution in [0.25, 0.3) is 0 Å². The van der Waals surface area contributed by atoms with Gasteiger partial charge < -0.3 is 5.32 Å². The molecular weight excluding hydrogens is 292 g/mol. The standard InChI is InChI=1S/C14H24N2O2S2/c1-6-15-13-7-10(2)14(11(3)8-13)20(17,18)16-12(4)9-19-5/h7-8,12,15-16H,6,9H2,1-5H3. The number of hydrogen-bond donors (Lipinski definition) is 2. The van der Waals surface area contributed by atoms with Gasteiger partial charge in [-0.25, -0.2) is 13.1 Å². The lowest BCUT2D eigenvalue weighted by atomic mass is 10.1. The van der Waals surface area contributed by atoms with Gasteiger partial charge in [0, 0.05) is 24.0 Å². The van der Waals surface area contributed by atoms with Gasteiger partial charge in [-0.3, -0.25) is 0 Å². The molecule has 0 bridgehead atoms. The lowest BCUT2D eigenvalue weighted by molar-refractivity contribution is 0.570. The van der Waals surface area contributed by atoms with Gasteiger partial charge in [-0.05, 0) is 57.2 Å². The van der Waals surface area contributed by atoms with Gasteiger partial charge >= 0.3 is 0 Å². The van der Waals surface area contributed by atoms with E-state index in [0.717, 1.165) is 29.1 Å². The maximum Gasteiger partial charge on any atom is 0.241 e. The summed E-state index contributed by atoms with van der Waals surface area (Å²) in [5, 5.41) is 3.21. The summed E-state index contributed by atoms with van der Waals surface area (Å²) in [5.41, 5.74) is 2.49. The van der Waals surface area contributed by atoms with Gasteiger partial charge in [0.2, 0.25) is 10.0 Å². The largest absolute Gasteiger partial charge is 0.385 e. The summed E-state index contributed by atoms with van der Waals surface area (Å²) in [5.74, 6) is 0.757. The van der Waals surface area contributed by atoms with Crippen LogP contribution in [0.15, 0.2) is 17.0 Å². The minimum Gasteiger partial charge on any atom is -0.385 e. The zero-order valence-corrected chi connectivity index (χ0v) is 14.4. The maximum atomic E-state index is 12.5. The molecule has 20 heavy (non-hydrogen) atoms. The van der Waals surface area contributed by atoms with Gasteiger partial charge in [0.15, 0.2) is 0 Å². The van der Waals surface area contributed by atoms with Crippen molar-refractivity contribution in [1.82, 2.24) is 4.72 Å². The van der Waals surface area contributed by atoms with Crippen LogP contribution < -0.4 is 10.0 Å². The molecule has 0 heterocycles. The smallest absolute Gasteiger partial charge is 0.241 e. The molecule has 1 rings (SSSR count). The number of benzene rings is 1. The van der Waals surface area contributed by atoms with E-state index in [4.69, 9.17) is 0 Å². The number of thioether (sulfide) groups is 1. The van der Waals surface area contributed by atoms with Crippen molar-refractivity contribution in [3.8, 4) is 0 Å². The van der Waals surface area contributed by atoms with E-state index in [2.05, 4.69) is 10.0 Å². The van der Waals surface area contributed by atoms with Gasteiger partial charge in [-0.2, -0.15) is 11.8 Å². The van der Waals surface area contributed by atoms with Crippen LogP contribution in [-0.4, -0.2) is 33.0 Å². The SMILES string of the molecule is CCNc1cc(C)c(S(=O)(=O)NC(C)CSC)c(C)c1. The number of hydrogen-bond acceptors (Lipinski definition) is 4. The van der Waals surface area contributed by atoms with Crippen molar-refractivity contribution in [2.45, 2.75) is 38.6 Å². The first-order chi connectivity index (χ1) is 9.31. The highest BCUT2D eigenvalue weighted by atomic mass is 32.2. The first kappa shape index (κ1) is 17.3. The molecule has 2 N–H and O–H groups in total. The van der Waals surface area contributed by atoms with E-state index < -0.39 is 10.0 Å². The Morgan fingerprint density at radius 3 is 2.25 bits per heavy atom. The Balaban J connectivity index is 3.12. The van der Waals surface area contributed by atoms with Crippen LogP contribution >= 0.6 is 11.8 Å². The van der Waals surface area contributed by atoms with Crippen molar-refractivity contribution in [2.24, 2.45) is 0 Å². The summed E-state index contributed by atoms with van der Waals surface area (Å²) in [4.78, 5) is 0.395. The van der Waals surface area contributed by atoms with Crippen molar-refractivity contribution in [3.63, 3.8) is 0 Å². The summed E-state index contributed by atoms with van der Waals surface area (Å²) in [7, 11) is -3.47. The first-order valence-electron chi connectivity index (χ1n) is 6.68. The van der Waals surface area contributed by atoms with E-state index in [1.807, 2.05) is 46.1 Å². The Labute approximate surface area is 126 Å². The Kier molecular flexibility index (Phi) is 6.36. The third-order valence-electron chi connectivity index (χ3n) is 2.88.